The normalized spacial score (nSPS) is 14.1. The van der Waals surface area contributed by atoms with Crippen molar-refractivity contribution in [3.05, 3.63) is 82.6 Å². The van der Waals surface area contributed by atoms with Crippen molar-refractivity contribution in [3.63, 3.8) is 0 Å². The fourth-order valence-electron chi connectivity index (χ4n) is 8.39. The molecular weight excluding hydrogens is 1040 g/mol. The zero-order valence-corrected chi connectivity index (χ0v) is 48.8. The topological polar surface area (TPSA) is 225 Å². The van der Waals surface area contributed by atoms with Gasteiger partial charge in [-0.2, -0.15) is 0 Å². The fourth-order valence-corrected chi connectivity index (χ4v) is 8.89. The highest BCUT2D eigenvalue weighted by molar-refractivity contribution is 7.85. The van der Waals surface area contributed by atoms with E-state index in [2.05, 4.69) is 60.6 Å². The lowest BCUT2D eigenvalue weighted by atomic mass is 9.83. The van der Waals surface area contributed by atoms with Crippen molar-refractivity contribution in [1.82, 2.24) is 4.58 Å². The number of allylic oxidation sites excluding steroid dienone is 3. The summed E-state index contributed by atoms with van der Waals surface area (Å²) in [6.07, 6.45) is 8.14. The van der Waals surface area contributed by atoms with E-state index in [9.17, 15) is 22.9 Å². The molecule has 1 aromatic carbocycles. The molecule has 0 atom stereocenters. The van der Waals surface area contributed by atoms with Gasteiger partial charge in [0.05, 0.1) is 143 Å². The van der Waals surface area contributed by atoms with Crippen molar-refractivity contribution in [2.45, 2.75) is 76.0 Å². The van der Waals surface area contributed by atoms with Crippen LogP contribution in [0.1, 0.15) is 77.2 Å². The van der Waals surface area contributed by atoms with Crippen LogP contribution in [0.3, 0.4) is 0 Å². The van der Waals surface area contributed by atoms with Gasteiger partial charge in [0.15, 0.2) is 13.1 Å². The number of ether oxygens (including phenoxy) is 12. The average Bonchev–Trinajstić information content (AvgIpc) is 3.81. The number of fused-ring (bicyclic) bond motifs is 2. The highest BCUT2D eigenvalue weighted by atomic mass is 32.2. The predicted octanol–water partition coefficient (Wildman–Crippen LogP) is 6.16. The zero-order valence-electron chi connectivity index (χ0n) is 48.0. The Morgan fingerprint density at radius 2 is 1.11 bits per heavy atom. The van der Waals surface area contributed by atoms with Gasteiger partial charge >= 0.3 is 5.97 Å². The Hall–Kier alpha value is -4.17. The van der Waals surface area contributed by atoms with Crippen LogP contribution in [0.5, 0.6) is 0 Å². The number of nitrogens with zero attached hydrogens (tertiary/aromatic N) is 2. The van der Waals surface area contributed by atoms with Gasteiger partial charge in [0.1, 0.15) is 34.9 Å². The fraction of sp³-hybridized carbons (Fsp3) is 0.655. The molecule has 446 valence electrons. The third kappa shape index (κ3) is 25.7. The Labute approximate surface area is 468 Å². The van der Waals surface area contributed by atoms with Crippen molar-refractivity contribution in [3.8, 4) is 11.3 Å². The van der Waals surface area contributed by atoms with E-state index >= 15 is 0 Å². The monoisotopic (exact) mass is 1130 g/mol. The minimum Gasteiger partial charge on any atom is -0.744 e. The minimum absolute atomic E-state index is 0.0913. The van der Waals surface area contributed by atoms with Crippen LogP contribution in [0.2, 0.25) is 0 Å². The molecule has 0 spiro atoms. The maximum atomic E-state index is 12.1. The van der Waals surface area contributed by atoms with E-state index in [1.807, 2.05) is 26.0 Å². The number of benzene rings is 2. The summed E-state index contributed by atoms with van der Waals surface area (Å²) in [5.41, 5.74) is 3.33. The van der Waals surface area contributed by atoms with Gasteiger partial charge in [0.25, 0.3) is 0 Å². The van der Waals surface area contributed by atoms with Crippen LogP contribution in [-0.4, -0.2) is 203 Å². The summed E-state index contributed by atoms with van der Waals surface area (Å²) in [5, 5.41) is 10.1. The SMILES string of the molecule is COCCOCCOCCOCCOCCOCC[N+](CCOCCOCCOCCOCCOCCOC)=c1ccc2c(/C=C/C=C3/N(CCCCCC(=O)O)c4ccc(S(=O)(=O)[O-])cc4C3(C)C)cc(C(C)(C)C)oc-2c1. The number of carbonyl (C=O) groups is 1. The summed E-state index contributed by atoms with van der Waals surface area (Å²) in [7, 11) is -1.41. The molecule has 0 saturated heterocycles. The Morgan fingerprint density at radius 3 is 1.56 bits per heavy atom. The van der Waals surface area contributed by atoms with Crippen molar-refractivity contribution in [2.24, 2.45) is 0 Å². The number of rotatable bonds is 45. The summed E-state index contributed by atoms with van der Waals surface area (Å²) in [6.45, 7) is 22.6. The zero-order chi connectivity index (χ0) is 57.2. The first-order valence-electron chi connectivity index (χ1n) is 27.5. The van der Waals surface area contributed by atoms with Crippen molar-refractivity contribution >= 4 is 27.9 Å². The molecule has 0 saturated carbocycles. The van der Waals surface area contributed by atoms with Gasteiger partial charge in [-0.25, -0.2) is 13.0 Å². The van der Waals surface area contributed by atoms with Gasteiger partial charge < -0.3 is 75.8 Å². The standard InChI is InChI=1S/C58H90N2O18S/c1-57(2,3)55-44-47(12-11-13-54-58(4,5)51-46-49(79(63,64)65)16-18-52(51)60(54)19-10-8-9-14-56(61)62)50-17-15-48(45-53(50)78-55)59(20-22-68-28-30-72-36-38-76-42-40-74-34-32-70-26-24-66-6)21-23-69-29-31-73-37-39-77-43-41-75-35-33-71-27-25-67-7/h11-13,15-18,44-46H,8-10,14,19-43H2,1-7H3,(H-,61,62,63,64,65). The molecule has 0 bridgehead atoms. The van der Waals surface area contributed by atoms with Crippen LogP contribution in [0.4, 0.5) is 5.69 Å². The third-order valence-electron chi connectivity index (χ3n) is 12.7. The van der Waals surface area contributed by atoms with Gasteiger partial charge in [-0.15, -0.1) is 0 Å². The van der Waals surface area contributed by atoms with Crippen LogP contribution in [0.25, 0.3) is 17.4 Å². The van der Waals surface area contributed by atoms with E-state index in [0.29, 0.717) is 190 Å². The molecule has 3 aliphatic rings. The molecule has 2 heterocycles. The largest absolute Gasteiger partial charge is 0.744 e. The van der Waals surface area contributed by atoms with Crippen molar-refractivity contribution < 1.29 is 84.1 Å². The quantitative estimate of drug-likeness (QED) is 0.0380. The van der Waals surface area contributed by atoms with Crippen LogP contribution in [0, 0.1) is 0 Å². The van der Waals surface area contributed by atoms with E-state index in [4.69, 9.17) is 61.3 Å². The first kappa shape index (κ1) is 67.3. The van der Waals surface area contributed by atoms with E-state index in [1.165, 1.54) is 12.1 Å². The van der Waals surface area contributed by atoms with Crippen LogP contribution >= 0.6 is 0 Å². The van der Waals surface area contributed by atoms with Crippen LogP contribution < -0.4 is 14.8 Å². The Kier molecular flexibility index (Phi) is 32.2. The summed E-state index contributed by atoms with van der Waals surface area (Å²) < 4.78 is 112. The first-order valence-corrected chi connectivity index (χ1v) is 28.9. The van der Waals surface area contributed by atoms with Gasteiger partial charge in [0, 0.05) is 61.0 Å². The lowest BCUT2D eigenvalue weighted by Crippen LogP contribution is -2.36. The molecule has 1 N–H and O–H groups in total. The molecule has 0 aromatic heterocycles. The molecule has 21 heteroatoms. The van der Waals surface area contributed by atoms with Gasteiger partial charge in [-0.1, -0.05) is 53.2 Å². The molecule has 0 amide bonds. The highest BCUT2D eigenvalue weighted by Gasteiger charge is 2.40. The van der Waals surface area contributed by atoms with Crippen molar-refractivity contribution in [2.75, 3.05) is 184 Å². The van der Waals surface area contributed by atoms with E-state index in [1.54, 1.807) is 20.3 Å². The van der Waals surface area contributed by atoms with Crippen LogP contribution in [-0.2, 0) is 82.6 Å². The molecule has 0 unspecified atom stereocenters. The van der Waals surface area contributed by atoms with E-state index < -0.39 is 21.5 Å². The lowest BCUT2D eigenvalue weighted by Gasteiger charge is -2.27. The van der Waals surface area contributed by atoms with Gasteiger partial charge in [-0.3, -0.25) is 4.79 Å². The second kappa shape index (κ2) is 37.8. The number of unbranched alkanes of at least 4 members (excludes halogenated alkanes) is 2. The van der Waals surface area contributed by atoms with E-state index in [-0.39, 0.29) is 16.7 Å². The maximum absolute atomic E-state index is 12.1. The Balaban J connectivity index is 1.45. The first-order chi connectivity index (χ1) is 38.1. The number of carboxylic acids is 1. The molecule has 2 aliphatic heterocycles. The highest BCUT2D eigenvalue weighted by Crippen LogP contribution is 2.48. The lowest BCUT2D eigenvalue weighted by molar-refractivity contribution is -0.137. The third-order valence-corrected chi connectivity index (χ3v) is 13.5. The summed E-state index contributed by atoms with van der Waals surface area (Å²) in [5.74, 6) is 0.666. The maximum Gasteiger partial charge on any atom is 0.303 e. The molecule has 20 nitrogen and oxygen atoms in total. The predicted molar refractivity (Wildman–Crippen MR) is 299 cm³/mol. The summed E-state index contributed by atoms with van der Waals surface area (Å²) >= 11 is 0. The number of anilines is 1. The summed E-state index contributed by atoms with van der Waals surface area (Å²) in [4.78, 5) is 13.1. The summed E-state index contributed by atoms with van der Waals surface area (Å²) in [6, 6.07) is 12.8. The molecule has 1 aromatic rings. The average molecular weight is 1140 g/mol. The van der Waals surface area contributed by atoms with Crippen molar-refractivity contribution in [1.29, 1.82) is 0 Å². The smallest absolute Gasteiger partial charge is 0.303 e. The number of carboxylic acid groups (broad SMARTS) is 1. The number of aliphatic carboxylic acids is 1. The number of methoxy groups -OCH3 is 2. The molecule has 1 aliphatic carbocycles. The van der Waals surface area contributed by atoms with Crippen LogP contribution in [0.15, 0.2) is 69.6 Å². The number of hydrogen-bond acceptors (Lipinski definition) is 18. The molecule has 4 rings (SSSR count). The van der Waals surface area contributed by atoms with Gasteiger partial charge in [0.2, 0.25) is 5.36 Å². The second-order valence-corrected chi connectivity index (χ2v) is 21.5. The molecule has 79 heavy (non-hydrogen) atoms. The Morgan fingerprint density at radius 1 is 0.646 bits per heavy atom. The minimum atomic E-state index is -4.69. The second-order valence-electron chi connectivity index (χ2n) is 20.1. The van der Waals surface area contributed by atoms with E-state index in [0.717, 1.165) is 39.2 Å². The van der Waals surface area contributed by atoms with Gasteiger partial charge in [-0.05, 0) is 60.4 Å². The molecular formula is C58H90N2O18S. The molecule has 0 fully saturated rings. The molecule has 0 radical (unpaired) electrons. The number of hydrogen-bond donors (Lipinski definition) is 1. The Bertz CT molecular complexity index is 2360.